The molecule has 0 saturated carbocycles. The third-order valence-corrected chi connectivity index (χ3v) is 5.92. The van der Waals surface area contributed by atoms with Crippen molar-refractivity contribution in [1.29, 1.82) is 0 Å². The quantitative estimate of drug-likeness (QED) is 0.474. The highest BCUT2D eigenvalue weighted by Gasteiger charge is 2.25. The third-order valence-electron chi connectivity index (χ3n) is 5.92. The Labute approximate surface area is 194 Å². The van der Waals surface area contributed by atoms with Crippen LogP contribution in [-0.2, 0) is 4.74 Å². The van der Waals surface area contributed by atoms with Gasteiger partial charge in [-0.15, -0.1) is 0 Å². The fourth-order valence-electron chi connectivity index (χ4n) is 3.97. The molecule has 4 aromatic heterocycles. The van der Waals surface area contributed by atoms with Crippen molar-refractivity contribution in [1.82, 2.24) is 19.9 Å². The molecule has 174 valence electrons. The van der Waals surface area contributed by atoms with Crippen molar-refractivity contribution >= 4 is 34.7 Å². The number of oxazole rings is 2. The van der Waals surface area contributed by atoms with Gasteiger partial charge in [0, 0.05) is 49.7 Å². The smallest absolute Gasteiger partial charge is 0.300 e. The van der Waals surface area contributed by atoms with Gasteiger partial charge in [0.2, 0.25) is 11.5 Å². The molecule has 11 heteroatoms. The standard InChI is InChI=1S/C23H23N7O4/c1-14-11-15(3-4-24-14)22-26-17(13-33-22)21(31)25-16-12-18-19(27-20(16)29-5-2-6-29)28-23(34-18)30-7-9-32-10-8-30/h3-4,11-13H,2,5-10H2,1H3,(H,25,31). The van der Waals surface area contributed by atoms with Gasteiger partial charge < -0.3 is 28.7 Å². The first-order valence-corrected chi connectivity index (χ1v) is 11.2. The summed E-state index contributed by atoms with van der Waals surface area (Å²) in [5.74, 6) is 0.636. The van der Waals surface area contributed by atoms with Crippen LogP contribution in [0, 0.1) is 6.92 Å². The SMILES string of the molecule is Cc1cc(-c2nc(C(=O)Nc3cc4oc(N5CCOCC5)nc4nc3N3CCC3)co2)ccn1. The molecular weight excluding hydrogens is 438 g/mol. The highest BCUT2D eigenvalue weighted by molar-refractivity contribution is 6.05. The highest BCUT2D eigenvalue weighted by Crippen LogP contribution is 2.33. The van der Waals surface area contributed by atoms with Crippen LogP contribution >= 0.6 is 0 Å². The van der Waals surface area contributed by atoms with E-state index in [9.17, 15) is 4.79 Å². The largest absolute Gasteiger partial charge is 0.444 e. The van der Waals surface area contributed by atoms with Crippen LogP contribution in [0.2, 0.25) is 0 Å². The number of carbonyl (C=O) groups excluding carboxylic acids is 1. The first kappa shape index (κ1) is 20.6. The molecule has 0 spiro atoms. The fourth-order valence-corrected chi connectivity index (χ4v) is 3.97. The Kier molecular flexibility index (Phi) is 5.10. The molecule has 6 heterocycles. The molecule has 0 aromatic carbocycles. The molecule has 1 N–H and O–H groups in total. The van der Waals surface area contributed by atoms with E-state index >= 15 is 0 Å². The Morgan fingerprint density at radius 3 is 2.68 bits per heavy atom. The Balaban J connectivity index is 1.29. The van der Waals surface area contributed by atoms with Gasteiger partial charge in [-0.3, -0.25) is 9.78 Å². The zero-order valence-electron chi connectivity index (χ0n) is 18.7. The summed E-state index contributed by atoms with van der Waals surface area (Å²) >= 11 is 0. The first-order chi connectivity index (χ1) is 16.6. The Bertz CT molecular complexity index is 1350. The van der Waals surface area contributed by atoms with E-state index in [1.54, 1.807) is 18.3 Å². The Hall–Kier alpha value is -3.99. The van der Waals surface area contributed by atoms with Crippen LogP contribution in [0.25, 0.3) is 22.7 Å². The lowest BCUT2D eigenvalue weighted by Crippen LogP contribution is -2.38. The van der Waals surface area contributed by atoms with Crippen molar-refractivity contribution in [3.8, 4) is 11.5 Å². The summed E-state index contributed by atoms with van der Waals surface area (Å²) in [6, 6.07) is 5.93. The van der Waals surface area contributed by atoms with Crippen LogP contribution in [0.15, 0.2) is 39.5 Å². The van der Waals surface area contributed by atoms with Crippen LogP contribution in [-0.4, -0.2) is 65.2 Å². The number of pyridine rings is 2. The molecule has 0 aliphatic carbocycles. The average Bonchev–Trinajstić information content (AvgIpc) is 3.46. The monoisotopic (exact) mass is 461 g/mol. The first-order valence-electron chi connectivity index (χ1n) is 11.2. The van der Waals surface area contributed by atoms with E-state index in [-0.39, 0.29) is 5.69 Å². The minimum Gasteiger partial charge on any atom is -0.444 e. The number of fused-ring (bicyclic) bond motifs is 1. The molecule has 0 bridgehead atoms. The fraction of sp³-hybridized carbons (Fsp3) is 0.348. The van der Waals surface area contributed by atoms with E-state index in [2.05, 4.69) is 25.2 Å². The van der Waals surface area contributed by atoms with Crippen molar-refractivity contribution in [3.05, 3.63) is 42.0 Å². The summed E-state index contributed by atoms with van der Waals surface area (Å²) in [4.78, 5) is 35.0. The number of morpholine rings is 1. The number of nitrogens with one attached hydrogen (secondary N) is 1. The number of carbonyl (C=O) groups is 1. The molecule has 11 nitrogen and oxygen atoms in total. The van der Waals surface area contributed by atoms with Crippen LogP contribution in [0.1, 0.15) is 22.6 Å². The predicted molar refractivity (Wildman–Crippen MR) is 124 cm³/mol. The second-order valence-electron chi connectivity index (χ2n) is 8.30. The molecule has 2 aliphatic heterocycles. The van der Waals surface area contributed by atoms with E-state index < -0.39 is 5.91 Å². The van der Waals surface area contributed by atoms with E-state index in [1.165, 1.54) is 6.26 Å². The van der Waals surface area contributed by atoms with Gasteiger partial charge in [0.05, 0.1) is 18.9 Å². The molecule has 4 aromatic rings. The third kappa shape index (κ3) is 3.83. The molecule has 0 radical (unpaired) electrons. The molecule has 2 fully saturated rings. The molecule has 0 unspecified atom stereocenters. The molecule has 0 atom stereocenters. The number of hydrogen-bond donors (Lipinski definition) is 1. The summed E-state index contributed by atoms with van der Waals surface area (Å²) in [6.45, 7) is 6.29. The van der Waals surface area contributed by atoms with Gasteiger partial charge in [0.15, 0.2) is 17.1 Å². The zero-order valence-corrected chi connectivity index (χ0v) is 18.7. The lowest BCUT2D eigenvalue weighted by Gasteiger charge is -2.33. The lowest BCUT2D eigenvalue weighted by atomic mass is 10.2. The van der Waals surface area contributed by atoms with Gasteiger partial charge in [-0.05, 0) is 25.5 Å². The van der Waals surface area contributed by atoms with Crippen molar-refractivity contribution < 1.29 is 18.4 Å². The Morgan fingerprint density at radius 1 is 1.06 bits per heavy atom. The molecule has 1 amide bonds. The second kappa shape index (κ2) is 8.41. The number of amides is 1. The number of anilines is 3. The maximum Gasteiger partial charge on any atom is 0.300 e. The van der Waals surface area contributed by atoms with Crippen molar-refractivity contribution in [2.75, 3.05) is 54.5 Å². The van der Waals surface area contributed by atoms with Gasteiger partial charge in [-0.25, -0.2) is 9.97 Å². The van der Waals surface area contributed by atoms with Crippen LogP contribution in [0.4, 0.5) is 17.5 Å². The number of aromatic nitrogens is 4. The number of aryl methyl sites for hydroxylation is 1. The summed E-state index contributed by atoms with van der Waals surface area (Å²) in [6.07, 6.45) is 4.10. The summed E-state index contributed by atoms with van der Waals surface area (Å²) in [5.41, 5.74) is 3.33. The van der Waals surface area contributed by atoms with E-state index in [0.29, 0.717) is 60.9 Å². The highest BCUT2D eigenvalue weighted by atomic mass is 16.5. The number of hydrogen-bond acceptors (Lipinski definition) is 10. The summed E-state index contributed by atoms with van der Waals surface area (Å²) in [7, 11) is 0. The predicted octanol–water partition coefficient (Wildman–Crippen LogP) is 2.88. The topological polar surface area (TPSA) is 123 Å². The van der Waals surface area contributed by atoms with Gasteiger partial charge in [-0.2, -0.15) is 4.98 Å². The molecular formula is C23H23N7O4. The average molecular weight is 461 g/mol. The molecule has 34 heavy (non-hydrogen) atoms. The number of rotatable bonds is 5. The normalized spacial score (nSPS) is 16.0. The number of nitrogens with zero attached hydrogens (tertiary/aromatic N) is 6. The van der Waals surface area contributed by atoms with E-state index in [4.69, 9.17) is 18.6 Å². The second-order valence-corrected chi connectivity index (χ2v) is 8.30. The maximum absolute atomic E-state index is 13.0. The van der Waals surface area contributed by atoms with Crippen molar-refractivity contribution in [3.63, 3.8) is 0 Å². The van der Waals surface area contributed by atoms with Gasteiger partial charge >= 0.3 is 0 Å². The van der Waals surface area contributed by atoms with E-state index in [0.717, 1.165) is 30.8 Å². The van der Waals surface area contributed by atoms with E-state index in [1.807, 2.05) is 17.9 Å². The molecule has 6 rings (SSSR count). The summed E-state index contributed by atoms with van der Waals surface area (Å²) < 4.78 is 16.9. The Morgan fingerprint density at radius 2 is 1.91 bits per heavy atom. The van der Waals surface area contributed by atoms with Crippen LogP contribution < -0.4 is 15.1 Å². The molecule has 2 aliphatic rings. The summed E-state index contributed by atoms with van der Waals surface area (Å²) in [5, 5.41) is 2.93. The van der Waals surface area contributed by atoms with Crippen molar-refractivity contribution in [2.45, 2.75) is 13.3 Å². The van der Waals surface area contributed by atoms with Gasteiger partial charge in [-0.1, -0.05) is 0 Å². The maximum atomic E-state index is 13.0. The lowest BCUT2D eigenvalue weighted by molar-refractivity contribution is 0.102. The number of ether oxygens (including phenoxy) is 1. The van der Waals surface area contributed by atoms with Gasteiger partial charge in [0.1, 0.15) is 6.26 Å². The van der Waals surface area contributed by atoms with Gasteiger partial charge in [0.25, 0.3) is 11.9 Å². The minimum atomic E-state index is -0.392. The van der Waals surface area contributed by atoms with Crippen LogP contribution in [0.3, 0.4) is 0 Å². The molecule has 2 saturated heterocycles. The minimum absolute atomic E-state index is 0.172. The zero-order chi connectivity index (χ0) is 23.1. The van der Waals surface area contributed by atoms with Crippen molar-refractivity contribution in [2.24, 2.45) is 0 Å². The van der Waals surface area contributed by atoms with Crippen LogP contribution in [0.5, 0.6) is 0 Å².